The molecule has 4 nitrogen and oxygen atoms in total. The first-order valence-electron chi connectivity index (χ1n) is 5.87. The number of nitrogens with one attached hydrogen (secondary N) is 1. The first kappa shape index (κ1) is 14.2. The topological polar surface area (TPSA) is 69.6 Å². The highest BCUT2D eigenvalue weighted by molar-refractivity contribution is 7.13. The molecule has 0 spiro atoms. The van der Waals surface area contributed by atoms with Crippen molar-refractivity contribution in [3.8, 4) is 0 Å². The van der Waals surface area contributed by atoms with Gasteiger partial charge in [-0.1, -0.05) is 12.8 Å². The molecule has 3 N–H and O–H groups in total. The number of unbranched alkanes of at least 4 members (excludes halogenated alkanes) is 3. The van der Waals surface area contributed by atoms with Crippen LogP contribution in [0.25, 0.3) is 0 Å². The number of rotatable bonds is 9. The van der Waals surface area contributed by atoms with Gasteiger partial charge in [0.05, 0.1) is 0 Å². The minimum atomic E-state index is -0.856. The highest BCUT2D eigenvalue weighted by Crippen LogP contribution is 2.15. The Morgan fingerprint density at radius 1 is 1.24 bits per heavy atom. The molecule has 1 rings (SSSR count). The van der Waals surface area contributed by atoms with Crippen LogP contribution in [-0.2, 0) is 6.54 Å². The molecule has 0 bridgehead atoms. The summed E-state index contributed by atoms with van der Waals surface area (Å²) in [6.07, 6.45) is 4.17. The summed E-state index contributed by atoms with van der Waals surface area (Å²) >= 11 is 1.32. The quantitative estimate of drug-likeness (QED) is 0.592. The normalized spacial score (nSPS) is 10.6. The molecule has 1 aromatic rings. The SMILES string of the molecule is O=C(O)c1ccc(CNCCCCCCO)s1. The number of carboxylic acids is 1. The Bertz CT molecular complexity index is 338. The minimum Gasteiger partial charge on any atom is -0.477 e. The van der Waals surface area contributed by atoms with E-state index in [1.54, 1.807) is 6.07 Å². The van der Waals surface area contributed by atoms with Gasteiger partial charge >= 0.3 is 5.97 Å². The zero-order chi connectivity index (χ0) is 12.5. The second kappa shape index (κ2) is 8.22. The van der Waals surface area contributed by atoms with Crippen molar-refractivity contribution < 1.29 is 15.0 Å². The van der Waals surface area contributed by atoms with Crippen molar-refractivity contribution in [2.24, 2.45) is 0 Å². The van der Waals surface area contributed by atoms with Gasteiger partial charge in [0, 0.05) is 18.0 Å². The average molecular weight is 257 g/mol. The Morgan fingerprint density at radius 2 is 2.00 bits per heavy atom. The molecule has 1 heterocycles. The molecule has 0 aliphatic rings. The van der Waals surface area contributed by atoms with Crippen LogP contribution in [0.15, 0.2) is 12.1 Å². The summed E-state index contributed by atoms with van der Waals surface area (Å²) < 4.78 is 0. The predicted molar refractivity (Wildman–Crippen MR) is 68.5 cm³/mol. The molecule has 0 aromatic carbocycles. The Kier molecular flexibility index (Phi) is 6.84. The van der Waals surface area contributed by atoms with Crippen LogP contribution in [0.1, 0.15) is 40.2 Å². The van der Waals surface area contributed by atoms with E-state index in [0.717, 1.165) is 43.6 Å². The van der Waals surface area contributed by atoms with E-state index in [4.69, 9.17) is 10.2 Å². The van der Waals surface area contributed by atoms with Gasteiger partial charge in [0.2, 0.25) is 0 Å². The van der Waals surface area contributed by atoms with Gasteiger partial charge in [0.1, 0.15) is 4.88 Å². The smallest absolute Gasteiger partial charge is 0.345 e. The maximum atomic E-state index is 10.7. The predicted octanol–water partition coefficient (Wildman–Crippen LogP) is 2.09. The van der Waals surface area contributed by atoms with Crippen LogP contribution in [0, 0.1) is 0 Å². The van der Waals surface area contributed by atoms with Crippen molar-refractivity contribution in [2.75, 3.05) is 13.2 Å². The van der Waals surface area contributed by atoms with Gasteiger partial charge in [-0.05, 0) is 31.5 Å². The molecule has 0 aliphatic heterocycles. The fourth-order valence-corrected chi connectivity index (χ4v) is 2.33. The van der Waals surface area contributed by atoms with Crippen molar-refractivity contribution in [3.05, 3.63) is 21.9 Å². The molecule has 0 amide bonds. The summed E-state index contributed by atoms with van der Waals surface area (Å²) in [5.41, 5.74) is 0. The van der Waals surface area contributed by atoms with Gasteiger partial charge in [0.15, 0.2) is 0 Å². The van der Waals surface area contributed by atoms with Gasteiger partial charge in [-0.2, -0.15) is 0 Å². The van der Waals surface area contributed by atoms with Crippen LogP contribution < -0.4 is 5.32 Å². The number of thiophene rings is 1. The van der Waals surface area contributed by atoms with E-state index in [1.807, 2.05) is 6.07 Å². The number of aliphatic hydroxyl groups is 1. The summed E-state index contributed by atoms with van der Waals surface area (Å²) in [5, 5.41) is 20.6. The molecule has 0 radical (unpaired) electrons. The molecular formula is C12H19NO3S. The highest BCUT2D eigenvalue weighted by atomic mass is 32.1. The lowest BCUT2D eigenvalue weighted by molar-refractivity contribution is 0.0702. The third kappa shape index (κ3) is 5.81. The van der Waals surface area contributed by atoms with Crippen molar-refractivity contribution in [3.63, 3.8) is 0 Å². The maximum Gasteiger partial charge on any atom is 0.345 e. The van der Waals surface area contributed by atoms with Crippen LogP contribution in [0.4, 0.5) is 0 Å². The number of aromatic carboxylic acids is 1. The average Bonchev–Trinajstić information content (AvgIpc) is 2.77. The summed E-state index contributed by atoms with van der Waals surface area (Å²) in [5.74, 6) is -0.856. The largest absolute Gasteiger partial charge is 0.477 e. The van der Waals surface area contributed by atoms with E-state index in [0.29, 0.717) is 4.88 Å². The molecule has 0 unspecified atom stereocenters. The number of hydrogen-bond donors (Lipinski definition) is 3. The van der Waals surface area contributed by atoms with E-state index in [2.05, 4.69) is 5.32 Å². The summed E-state index contributed by atoms with van der Waals surface area (Å²) in [4.78, 5) is 12.1. The second-order valence-corrected chi connectivity index (χ2v) is 5.05. The lowest BCUT2D eigenvalue weighted by Gasteiger charge is -2.02. The molecule has 17 heavy (non-hydrogen) atoms. The van der Waals surface area contributed by atoms with Gasteiger partial charge < -0.3 is 15.5 Å². The van der Waals surface area contributed by atoms with E-state index in [9.17, 15) is 4.79 Å². The Morgan fingerprint density at radius 3 is 2.65 bits per heavy atom. The molecule has 96 valence electrons. The van der Waals surface area contributed by atoms with Gasteiger partial charge in [0.25, 0.3) is 0 Å². The maximum absolute atomic E-state index is 10.7. The van der Waals surface area contributed by atoms with E-state index in [-0.39, 0.29) is 6.61 Å². The summed E-state index contributed by atoms with van der Waals surface area (Å²) in [7, 11) is 0. The first-order chi connectivity index (χ1) is 8.24. The molecule has 5 heteroatoms. The van der Waals surface area contributed by atoms with Crippen molar-refractivity contribution in [1.29, 1.82) is 0 Å². The van der Waals surface area contributed by atoms with Crippen molar-refractivity contribution in [2.45, 2.75) is 32.2 Å². The Labute approximate surface area is 105 Å². The summed E-state index contributed by atoms with van der Waals surface area (Å²) in [6, 6.07) is 3.50. The zero-order valence-corrected chi connectivity index (χ0v) is 10.6. The molecule has 0 atom stereocenters. The molecular weight excluding hydrogens is 238 g/mol. The highest BCUT2D eigenvalue weighted by Gasteiger charge is 2.05. The summed E-state index contributed by atoms with van der Waals surface area (Å²) in [6.45, 7) is 1.95. The molecule has 0 fully saturated rings. The second-order valence-electron chi connectivity index (χ2n) is 3.89. The lowest BCUT2D eigenvalue weighted by atomic mass is 10.2. The fourth-order valence-electron chi connectivity index (χ4n) is 1.51. The minimum absolute atomic E-state index is 0.278. The lowest BCUT2D eigenvalue weighted by Crippen LogP contribution is -2.13. The first-order valence-corrected chi connectivity index (χ1v) is 6.69. The van der Waals surface area contributed by atoms with E-state index in [1.165, 1.54) is 11.3 Å². The van der Waals surface area contributed by atoms with Crippen LogP contribution >= 0.6 is 11.3 Å². The molecule has 0 saturated heterocycles. The molecule has 1 aromatic heterocycles. The standard InChI is InChI=1S/C12H19NO3S/c14-8-4-2-1-3-7-13-9-10-5-6-11(17-10)12(15)16/h5-6,13-14H,1-4,7-9H2,(H,15,16). The van der Waals surface area contributed by atoms with Crippen molar-refractivity contribution in [1.82, 2.24) is 5.32 Å². The van der Waals surface area contributed by atoms with E-state index >= 15 is 0 Å². The van der Waals surface area contributed by atoms with Crippen LogP contribution in [0.3, 0.4) is 0 Å². The van der Waals surface area contributed by atoms with Gasteiger partial charge in [-0.15, -0.1) is 11.3 Å². The molecule has 0 aliphatic carbocycles. The van der Waals surface area contributed by atoms with Crippen molar-refractivity contribution >= 4 is 17.3 Å². The monoisotopic (exact) mass is 257 g/mol. The van der Waals surface area contributed by atoms with Crippen LogP contribution in [-0.4, -0.2) is 29.3 Å². The van der Waals surface area contributed by atoms with Crippen LogP contribution in [0.5, 0.6) is 0 Å². The van der Waals surface area contributed by atoms with Gasteiger partial charge in [-0.3, -0.25) is 0 Å². The number of hydrogen-bond acceptors (Lipinski definition) is 4. The number of aliphatic hydroxyl groups excluding tert-OH is 1. The third-order valence-corrected chi connectivity index (χ3v) is 3.51. The third-order valence-electron chi connectivity index (χ3n) is 2.43. The number of carboxylic acid groups (broad SMARTS) is 1. The Hall–Kier alpha value is -0.910. The fraction of sp³-hybridized carbons (Fsp3) is 0.583. The van der Waals surface area contributed by atoms with E-state index < -0.39 is 5.97 Å². The molecule has 0 saturated carbocycles. The number of carbonyl (C=O) groups is 1. The van der Waals surface area contributed by atoms with Crippen LogP contribution in [0.2, 0.25) is 0 Å². The van der Waals surface area contributed by atoms with Gasteiger partial charge in [-0.25, -0.2) is 4.79 Å². The zero-order valence-electron chi connectivity index (χ0n) is 9.82. The Balaban J connectivity index is 2.07.